The van der Waals surface area contributed by atoms with Gasteiger partial charge in [0.2, 0.25) is 0 Å². The Labute approximate surface area is 113 Å². The Morgan fingerprint density at radius 3 is 1.20 bits per heavy atom. The molecule has 0 atom stereocenters. The summed E-state index contributed by atoms with van der Waals surface area (Å²) in [6.45, 7) is 13.9. The predicted octanol–water partition coefficient (Wildman–Crippen LogP) is 4.17. The molecule has 0 aliphatic rings. The van der Waals surface area contributed by atoms with E-state index < -0.39 is 12.9 Å². The Balaban J connectivity index is -0.0000000606. The van der Waals surface area contributed by atoms with Crippen LogP contribution >= 0.6 is 19.7 Å². The van der Waals surface area contributed by atoms with Crippen LogP contribution in [0.3, 0.4) is 0 Å². The summed E-state index contributed by atoms with van der Waals surface area (Å²) in [5.74, 6) is 1.00. The van der Waals surface area contributed by atoms with Crippen molar-refractivity contribution in [3.05, 3.63) is 0 Å². The molecule has 2 N–H and O–H groups in total. The van der Waals surface area contributed by atoms with Crippen molar-refractivity contribution >= 4 is 38.4 Å². The van der Waals surface area contributed by atoms with Gasteiger partial charge in [-0.2, -0.15) is 0 Å². The number of ketones is 1. The monoisotopic (exact) mass is 387 g/mol. The molecule has 0 heterocycles. The molecule has 0 spiro atoms. The molecule has 4 heteroatoms. The molecule has 0 aromatic rings. The predicted molar refractivity (Wildman–Crippen MR) is 82.7 cm³/mol. The van der Waals surface area contributed by atoms with E-state index in [1.165, 1.54) is 13.8 Å². The first-order chi connectivity index (χ1) is 6.11. The zero-order chi connectivity index (χ0) is 12.3. The van der Waals surface area contributed by atoms with E-state index in [9.17, 15) is 4.79 Å². The second-order valence-electron chi connectivity index (χ2n) is 4.33. The van der Waals surface area contributed by atoms with E-state index in [1.807, 2.05) is 0 Å². The van der Waals surface area contributed by atoms with Gasteiger partial charge in [-0.1, -0.05) is 28.2 Å². The fourth-order valence-corrected chi connectivity index (χ4v) is 0. The number of carbonyl (C=O) groups excluding carboxylic acids is 1. The third-order valence-electron chi connectivity index (χ3n) is 0.637. The maximum absolute atomic E-state index is 9.44. The van der Waals surface area contributed by atoms with E-state index in [4.69, 9.17) is 4.44 Å². The first kappa shape index (κ1) is 25.0. The van der Waals surface area contributed by atoms with Crippen LogP contribution in [0.2, 0.25) is 4.47 Å². The number of halogens is 1. The SMILES string of the molecule is C.CC(C)=O.CC(C)C.C[CH](C)[Ga]([NH2])[I]. The minimum absolute atomic E-state index is 0. The number of carbonyl (C=O) groups is 1. The van der Waals surface area contributed by atoms with E-state index in [0.717, 1.165) is 10.4 Å². The molecule has 0 rings (SSSR count). The standard InChI is InChI=1S/C4H10.C3H6O.C3H7.CH4.Ga.HI.H2N/c1-4(2)3;1-3(2)4;1-3-2;;;;/h4H,1-3H3;1-2H3;3H,1-2H3;1H4;;1H;1H2/q;;;;+2;;-1/p-1. The van der Waals surface area contributed by atoms with Crippen LogP contribution in [0.4, 0.5) is 0 Å². The van der Waals surface area contributed by atoms with Gasteiger partial charge in [-0.05, 0) is 19.8 Å². The number of Topliss-reactive ketones (excluding diaryl/α,β-unsaturated/α-hetero) is 1. The van der Waals surface area contributed by atoms with Crippen molar-refractivity contribution in [2.24, 2.45) is 10.4 Å². The van der Waals surface area contributed by atoms with Crippen LogP contribution < -0.4 is 4.44 Å². The number of hydrogen-bond acceptors (Lipinski definition) is 2. The van der Waals surface area contributed by atoms with Gasteiger partial charge in [0.25, 0.3) is 0 Å². The first-order valence-corrected chi connectivity index (χ1v) is 15.2. The Kier molecular flexibility index (Phi) is 29.0. The van der Waals surface area contributed by atoms with Crippen molar-refractivity contribution in [3.63, 3.8) is 0 Å². The first-order valence-electron chi connectivity index (χ1n) is 4.98. The average molecular weight is 388 g/mol. The maximum atomic E-state index is 9.44. The van der Waals surface area contributed by atoms with Gasteiger partial charge in [0.05, 0.1) is 0 Å². The van der Waals surface area contributed by atoms with E-state index in [0.29, 0.717) is 0 Å². The van der Waals surface area contributed by atoms with Gasteiger partial charge in [0.15, 0.2) is 0 Å². The molecule has 0 unspecified atom stereocenters. The molecule has 0 amide bonds. The van der Waals surface area contributed by atoms with Crippen LogP contribution in [0, 0.1) is 5.92 Å². The van der Waals surface area contributed by atoms with Crippen LogP contribution in [0.1, 0.15) is 55.9 Å². The average Bonchev–Trinajstić information content (AvgIpc) is 1.83. The molecular weight excluding hydrogens is 359 g/mol. The van der Waals surface area contributed by atoms with E-state index >= 15 is 0 Å². The molecule has 0 aliphatic carbocycles. The molecule has 0 aromatic carbocycles. The second kappa shape index (κ2) is 17.4. The van der Waals surface area contributed by atoms with Crippen molar-refractivity contribution in [1.82, 2.24) is 0 Å². The van der Waals surface area contributed by atoms with Crippen LogP contribution in [-0.2, 0) is 4.79 Å². The van der Waals surface area contributed by atoms with E-state index in [1.54, 1.807) is 0 Å². The Hall–Kier alpha value is 0.996. The number of nitrogens with two attached hydrogens (primary N) is 1. The van der Waals surface area contributed by atoms with Crippen LogP contribution in [0.25, 0.3) is 0 Å². The fourth-order valence-electron chi connectivity index (χ4n) is 0. The van der Waals surface area contributed by atoms with Gasteiger partial charge in [0.1, 0.15) is 5.78 Å². The topological polar surface area (TPSA) is 43.1 Å². The van der Waals surface area contributed by atoms with Crippen LogP contribution in [-0.4, -0.2) is 18.7 Å². The van der Waals surface area contributed by atoms with E-state index in [2.05, 4.69) is 54.3 Å². The Bertz CT molecular complexity index is 115. The molecule has 94 valence electrons. The summed E-state index contributed by atoms with van der Waals surface area (Å²) in [5, 5.41) is 0. The Morgan fingerprint density at radius 1 is 1.13 bits per heavy atom. The molecule has 0 bridgehead atoms. The molecule has 0 saturated heterocycles. The zero-order valence-corrected chi connectivity index (χ0v) is 15.2. The van der Waals surface area contributed by atoms with Crippen molar-refractivity contribution in [2.45, 2.75) is 60.4 Å². The zero-order valence-electron chi connectivity index (χ0n) is 10.6. The van der Waals surface area contributed by atoms with Gasteiger partial charge < -0.3 is 4.79 Å². The third kappa shape index (κ3) is 101. The second-order valence-corrected chi connectivity index (χ2v) is 16.5. The molecule has 0 fully saturated rings. The van der Waals surface area contributed by atoms with Gasteiger partial charge >= 0.3 is 55.3 Å². The van der Waals surface area contributed by atoms with Crippen molar-refractivity contribution in [2.75, 3.05) is 0 Å². The van der Waals surface area contributed by atoms with Crippen LogP contribution in [0.5, 0.6) is 0 Å². The summed E-state index contributed by atoms with van der Waals surface area (Å²) in [5.41, 5.74) is 0. The summed E-state index contributed by atoms with van der Waals surface area (Å²) in [6.07, 6.45) is 0. The molecular formula is C11H29GaINO. The Morgan fingerprint density at radius 2 is 1.20 bits per heavy atom. The quantitative estimate of drug-likeness (QED) is 0.542. The van der Waals surface area contributed by atoms with Crippen LogP contribution in [0.15, 0.2) is 0 Å². The number of hydrogen-bond donors (Lipinski definition) is 1. The molecule has 0 radical (unpaired) electrons. The molecule has 0 saturated carbocycles. The number of rotatable bonds is 1. The van der Waals surface area contributed by atoms with Crippen molar-refractivity contribution < 1.29 is 4.79 Å². The summed E-state index contributed by atoms with van der Waals surface area (Å²) in [4.78, 5) is 9.44. The normalized spacial score (nSPS) is 7.93. The van der Waals surface area contributed by atoms with Gasteiger partial charge in [-0.25, -0.2) is 0 Å². The molecule has 0 aromatic heterocycles. The minimum atomic E-state index is -1.16. The van der Waals surface area contributed by atoms with Crippen molar-refractivity contribution in [1.29, 1.82) is 0 Å². The summed E-state index contributed by atoms with van der Waals surface area (Å²) >= 11 is 1.24. The van der Waals surface area contributed by atoms with Gasteiger partial charge in [-0.15, -0.1) is 0 Å². The third-order valence-corrected chi connectivity index (χ3v) is 10.8. The summed E-state index contributed by atoms with van der Waals surface area (Å²) in [7, 11) is 0. The van der Waals surface area contributed by atoms with Gasteiger partial charge in [-0.3, -0.25) is 0 Å². The summed E-state index contributed by atoms with van der Waals surface area (Å²) < 4.78 is 6.41. The molecule has 15 heavy (non-hydrogen) atoms. The van der Waals surface area contributed by atoms with Gasteiger partial charge in [0, 0.05) is 0 Å². The van der Waals surface area contributed by atoms with E-state index in [-0.39, 0.29) is 13.2 Å². The molecule has 2 nitrogen and oxygen atoms in total. The van der Waals surface area contributed by atoms with Crippen molar-refractivity contribution in [3.8, 4) is 0 Å². The summed E-state index contributed by atoms with van der Waals surface area (Å²) in [6, 6.07) is 0. The fraction of sp³-hybridized carbons (Fsp3) is 0.909. The molecule has 0 aliphatic heterocycles.